The Balaban J connectivity index is 1.32. The number of aromatic nitrogens is 4. The van der Waals surface area contributed by atoms with Crippen molar-refractivity contribution in [2.75, 3.05) is 6.54 Å². The monoisotopic (exact) mass is 349 g/mol. The Labute approximate surface area is 152 Å². The van der Waals surface area contributed by atoms with Crippen molar-refractivity contribution in [1.29, 1.82) is 0 Å². The molecular weight excluding hydrogens is 326 g/mol. The van der Waals surface area contributed by atoms with E-state index in [1.165, 1.54) is 24.2 Å². The van der Waals surface area contributed by atoms with Gasteiger partial charge in [-0.3, -0.25) is 9.58 Å². The van der Waals surface area contributed by atoms with Crippen molar-refractivity contribution in [2.45, 2.75) is 44.6 Å². The number of hydrogen-bond donors (Lipinski definition) is 1. The van der Waals surface area contributed by atoms with Crippen LogP contribution in [0, 0.1) is 0 Å². The average Bonchev–Trinajstić information content (AvgIpc) is 3.26. The summed E-state index contributed by atoms with van der Waals surface area (Å²) in [5.41, 5.74) is 4.08. The van der Waals surface area contributed by atoms with E-state index in [1.807, 2.05) is 53.6 Å². The van der Waals surface area contributed by atoms with Crippen LogP contribution >= 0.6 is 0 Å². The van der Waals surface area contributed by atoms with Gasteiger partial charge in [-0.1, -0.05) is 30.3 Å². The third-order valence-corrected chi connectivity index (χ3v) is 5.36. The number of nitrogens with zero attached hydrogens (tertiary/aromatic N) is 5. The van der Waals surface area contributed by atoms with E-state index in [2.05, 4.69) is 19.5 Å². The van der Waals surface area contributed by atoms with E-state index in [0.29, 0.717) is 6.04 Å². The molecule has 0 spiro atoms. The fourth-order valence-electron chi connectivity index (χ4n) is 3.78. The van der Waals surface area contributed by atoms with E-state index < -0.39 is 6.10 Å². The highest BCUT2D eigenvalue weighted by molar-refractivity contribution is 5.27. The second-order valence-corrected chi connectivity index (χ2v) is 7.33. The standard InChI is InChI=1S/C20H23N5O/c26-20(15-4-2-1-3-5-15)19-10-17-12-23(8-9-25(17)22-19)13-18-11-21-14-24(18)16-6-7-16/h1-5,10-11,14,16,20,26H,6-9,12-13H2/t20-/m1/s1. The maximum atomic E-state index is 10.6. The summed E-state index contributed by atoms with van der Waals surface area (Å²) in [6.45, 7) is 3.59. The normalized spacial score (nSPS) is 18.7. The Hall–Kier alpha value is -2.44. The summed E-state index contributed by atoms with van der Waals surface area (Å²) in [5.74, 6) is 0. The molecule has 0 unspecified atom stereocenters. The molecule has 1 aliphatic carbocycles. The van der Waals surface area contributed by atoms with Crippen molar-refractivity contribution in [3.63, 3.8) is 0 Å². The second kappa shape index (κ2) is 6.37. The Kier molecular flexibility index (Phi) is 3.87. The third kappa shape index (κ3) is 2.95. The first-order valence-corrected chi connectivity index (χ1v) is 9.30. The predicted molar refractivity (Wildman–Crippen MR) is 97.3 cm³/mol. The molecule has 1 atom stereocenters. The molecule has 0 radical (unpaired) electrons. The summed E-state index contributed by atoms with van der Waals surface area (Å²) >= 11 is 0. The SMILES string of the molecule is O[C@H](c1ccccc1)c1cc2n(n1)CCN(Cc1cncn1C1CC1)C2. The van der Waals surface area contributed by atoms with E-state index in [4.69, 9.17) is 0 Å². The molecule has 1 saturated carbocycles. The number of fused-ring (bicyclic) bond motifs is 1. The fraction of sp³-hybridized carbons (Fsp3) is 0.400. The molecule has 0 saturated heterocycles. The molecule has 5 rings (SSSR count). The van der Waals surface area contributed by atoms with Gasteiger partial charge in [-0.15, -0.1) is 0 Å². The zero-order valence-corrected chi connectivity index (χ0v) is 14.7. The second-order valence-electron chi connectivity index (χ2n) is 7.33. The van der Waals surface area contributed by atoms with Crippen molar-refractivity contribution in [1.82, 2.24) is 24.2 Å². The molecular formula is C20H23N5O. The van der Waals surface area contributed by atoms with Crippen molar-refractivity contribution in [2.24, 2.45) is 0 Å². The van der Waals surface area contributed by atoms with Gasteiger partial charge in [0.2, 0.25) is 0 Å². The zero-order chi connectivity index (χ0) is 17.5. The van der Waals surface area contributed by atoms with E-state index in [1.54, 1.807) is 0 Å². The zero-order valence-electron chi connectivity index (χ0n) is 14.7. The highest BCUT2D eigenvalue weighted by Crippen LogP contribution is 2.36. The lowest BCUT2D eigenvalue weighted by Gasteiger charge is -2.27. The maximum Gasteiger partial charge on any atom is 0.123 e. The molecule has 3 heterocycles. The smallest absolute Gasteiger partial charge is 0.123 e. The van der Waals surface area contributed by atoms with E-state index in [0.717, 1.165) is 37.4 Å². The summed E-state index contributed by atoms with van der Waals surface area (Å²) in [6.07, 6.45) is 5.84. The summed E-state index contributed by atoms with van der Waals surface area (Å²) in [4.78, 5) is 6.78. The van der Waals surface area contributed by atoms with Gasteiger partial charge in [0.05, 0.1) is 30.0 Å². The van der Waals surface area contributed by atoms with Gasteiger partial charge in [-0.05, 0) is 24.5 Å². The van der Waals surface area contributed by atoms with Crippen LogP contribution in [-0.4, -0.2) is 35.9 Å². The quantitative estimate of drug-likeness (QED) is 0.769. The van der Waals surface area contributed by atoms with Crippen LogP contribution in [0.3, 0.4) is 0 Å². The van der Waals surface area contributed by atoms with E-state index in [9.17, 15) is 5.11 Å². The van der Waals surface area contributed by atoms with Crippen LogP contribution in [-0.2, 0) is 19.6 Å². The van der Waals surface area contributed by atoms with Crippen LogP contribution < -0.4 is 0 Å². The topological polar surface area (TPSA) is 59.1 Å². The fourth-order valence-corrected chi connectivity index (χ4v) is 3.78. The van der Waals surface area contributed by atoms with E-state index >= 15 is 0 Å². The van der Waals surface area contributed by atoms with Gasteiger partial charge >= 0.3 is 0 Å². The van der Waals surface area contributed by atoms with Crippen LogP contribution in [0.1, 0.15) is 47.6 Å². The minimum absolute atomic E-state index is 0.662. The molecule has 26 heavy (non-hydrogen) atoms. The lowest BCUT2D eigenvalue weighted by Crippen LogP contribution is -2.33. The first-order chi connectivity index (χ1) is 12.8. The molecule has 1 fully saturated rings. The molecule has 1 N–H and O–H groups in total. The van der Waals surface area contributed by atoms with Crippen molar-refractivity contribution in [3.8, 4) is 0 Å². The van der Waals surface area contributed by atoms with Crippen molar-refractivity contribution < 1.29 is 5.11 Å². The molecule has 2 aromatic heterocycles. The number of rotatable bonds is 5. The molecule has 134 valence electrons. The van der Waals surface area contributed by atoms with Gasteiger partial charge in [0, 0.05) is 31.9 Å². The maximum absolute atomic E-state index is 10.6. The highest BCUT2D eigenvalue weighted by Gasteiger charge is 2.27. The number of imidazole rings is 1. The molecule has 0 amide bonds. The summed E-state index contributed by atoms with van der Waals surface area (Å²) < 4.78 is 4.37. The number of aliphatic hydroxyl groups excluding tert-OH is 1. The van der Waals surface area contributed by atoms with Crippen molar-refractivity contribution >= 4 is 0 Å². The van der Waals surface area contributed by atoms with Gasteiger partial charge in [0.1, 0.15) is 6.10 Å². The largest absolute Gasteiger partial charge is 0.382 e. The first kappa shape index (κ1) is 15.8. The van der Waals surface area contributed by atoms with Gasteiger partial charge in [-0.25, -0.2) is 4.98 Å². The molecule has 1 aliphatic heterocycles. The van der Waals surface area contributed by atoms with Gasteiger partial charge < -0.3 is 9.67 Å². The Morgan fingerprint density at radius 1 is 1.15 bits per heavy atom. The number of benzene rings is 1. The molecule has 3 aromatic rings. The van der Waals surface area contributed by atoms with Crippen LogP contribution in [0.4, 0.5) is 0 Å². The highest BCUT2D eigenvalue weighted by atomic mass is 16.3. The molecule has 6 nitrogen and oxygen atoms in total. The Bertz CT molecular complexity index is 896. The van der Waals surface area contributed by atoms with E-state index in [-0.39, 0.29) is 0 Å². The third-order valence-electron chi connectivity index (χ3n) is 5.36. The predicted octanol–water partition coefficient (Wildman–Crippen LogP) is 2.51. The number of hydrogen-bond acceptors (Lipinski definition) is 4. The minimum atomic E-state index is -0.668. The molecule has 2 aliphatic rings. The van der Waals surface area contributed by atoms with Crippen LogP contribution in [0.15, 0.2) is 48.9 Å². The van der Waals surface area contributed by atoms with Gasteiger partial charge in [-0.2, -0.15) is 5.10 Å². The lowest BCUT2D eigenvalue weighted by atomic mass is 10.1. The Morgan fingerprint density at radius 3 is 2.81 bits per heavy atom. The minimum Gasteiger partial charge on any atom is -0.382 e. The van der Waals surface area contributed by atoms with Crippen LogP contribution in [0.25, 0.3) is 0 Å². The van der Waals surface area contributed by atoms with Crippen LogP contribution in [0.5, 0.6) is 0 Å². The van der Waals surface area contributed by atoms with Gasteiger partial charge in [0.15, 0.2) is 0 Å². The Morgan fingerprint density at radius 2 is 2.00 bits per heavy atom. The molecule has 1 aromatic carbocycles. The lowest BCUT2D eigenvalue weighted by molar-refractivity contribution is 0.197. The number of aliphatic hydroxyl groups is 1. The summed E-state index contributed by atoms with van der Waals surface area (Å²) in [5, 5.41) is 15.3. The van der Waals surface area contributed by atoms with Crippen molar-refractivity contribution in [3.05, 3.63) is 71.6 Å². The van der Waals surface area contributed by atoms with Gasteiger partial charge in [0.25, 0.3) is 0 Å². The van der Waals surface area contributed by atoms with Crippen LogP contribution in [0.2, 0.25) is 0 Å². The summed E-state index contributed by atoms with van der Waals surface area (Å²) in [6, 6.07) is 12.4. The average molecular weight is 349 g/mol. The molecule has 0 bridgehead atoms. The summed E-state index contributed by atoms with van der Waals surface area (Å²) in [7, 11) is 0. The molecule has 6 heteroatoms. The first-order valence-electron chi connectivity index (χ1n) is 9.30.